The van der Waals surface area contributed by atoms with E-state index in [4.69, 9.17) is 6.57 Å². The normalized spacial score (nSPS) is 17.7. The van der Waals surface area contributed by atoms with E-state index in [0.29, 0.717) is 12.8 Å². The molecule has 0 unspecified atom stereocenters. The van der Waals surface area contributed by atoms with Gasteiger partial charge in [-0.2, -0.15) is 0 Å². The lowest BCUT2D eigenvalue weighted by atomic mass is 9.85. The van der Waals surface area contributed by atoms with Crippen molar-refractivity contribution in [2.45, 2.75) is 24.9 Å². The molecule has 0 aromatic heterocycles. The van der Waals surface area contributed by atoms with Crippen LogP contribution in [-0.4, -0.2) is 5.66 Å². The van der Waals surface area contributed by atoms with Gasteiger partial charge in [-0.3, -0.25) is 4.85 Å². The van der Waals surface area contributed by atoms with Crippen molar-refractivity contribution in [2.75, 3.05) is 5.32 Å². The Labute approximate surface area is 86.7 Å². The Morgan fingerprint density at radius 3 is 2.60 bits per heavy atom. The average Bonchev–Trinajstić information content (AvgIpc) is 2.18. The average molecular weight is 208 g/mol. The third-order valence-electron chi connectivity index (χ3n) is 2.71. The van der Waals surface area contributed by atoms with Crippen LogP contribution in [0.1, 0.15) is 19.3 Å². The predicted molar refractivity (Wildman–Crippen MR) is 53.2 cm³/mol. The van der Waals surface area contributed by atoms with E-state index in [-0.39, 0.29) is 5.69 Å². The topological polar surface area (TPSA) is 16.4 Å². The summed E-state index contributed by atoms with van der Waals surface area (Å²) in [7, 11) is 0. The fourth-order valence-corrected chi connectivity index (χ4v) is 1.63. The Morgan fingerprint density at radius 1 is 1.33 bits per heavy atom. The summed E-state index contributed by atoms with van der Waals surface area (Å²) in [6.45, 7) is 7.03. The number of hydrogen-bond acceptors (Lipinski definition) is 1. The van der Waals surface area contributed by atoms with Crippen LogP contribution in [0.5, 0.6) is 0 Å². The molecule has 0 radical (unpaired) electrons. The molecule has 0 spiro atoms. The highest BCUT2D eigenvalue weighted by molar-refractivity contribution is 5.48. The number of nitrogens with zero attached hydrogens (tertiary/aromatic N) is 1. The van der Waals surface area contributed by atoms with Gasteiger partial charge in [0, 0.05) is 12.8 Å². The van der Waals surface area contributed by atoms with Gasteiger partial charge in [-0.1, -0.05) is 6.07 Å². The predicted octanol–water partition coefficient (Wildman–Crippen LogP) is 3.18. The smallest absolute Gasteiger partial charge is 0.305 e. The van der Waals surface area contributed by atoms with E-state index < -0.39 is 17.3 Å². The number of anilines is 1. The number of hydrogen-bond donors (Lipinski definition) is 1. The molecule has 1 fully saturated rings. The molecule has 1 N–H and O–H groups in total. The lowest BCUT2D eigenvalue weighted by Crippen LogP contribution is -2.41. The largest absolute Gasteiger partial charge is 0.312 e. The van der Waals surface area contributed by atoms with Crippen molar-refractivity contribution in [3.8, 4) is 0 Å². The zero-order valence-electron chi connectivity index (χ0n) is 8.06. The van der Waals surface area contributed by atoms with Crippen LogP contribution in [0.2, 0.25) is 0 Å². The molecule has 1 aromatic carbocycles. The Kier molecular flexibility index (Phi) is 2.31. The van der Waals surface area contributed by atoms with Gasteiger partial charge in [0.05, 0.1) is 5.69 Å². The van der Waals surface area contributed by atoms with Gasteiger partial charge < -0.3 is 5.32 Å². The maximum absolute atomic E-state index is 13.3. The van der Waals surface area contributed by atoms with Gasteiger partial charge in [-0.05, 0) is 18.6 Å². The minimum atomic E-state index is -0.910. The van der Waals surface area contributed by atoms with Crippen LogP contribution in [-0.2, 0) is 0 Å². The molecule has 0 atom stereocenters. The molecule has 1 aliphatic carbocycles. The molecule has 1 aromatic rings. The highest BCUT2D eigenvalue weighted by Gasteiger charge is 2.44. The van der Waals surface area contributed by atoms with E-state index in [1.807, 2.05) is 0 Å². The van der Waals surface area contributed by atoms with Crippen LogP contribution in [0.25, 0.3) is 4.85 Å². The summed E-state index contributed by atoms with van der Waals surface area (Å²) in [6.07, 6.45) is 2.32. The highest BCUT2D eigenvalue weighted by Crippen LogP contribution is 2.37. The van der Waals surface area contributed by atoms with Crippen LogP contribution in [0.15, 0.2) is 18.2 Å². The third kappa shape index (κ3) is 1.65. The molecule has 2 rings (SSSR count). The second-order valence-electron chi connectivity index (χ2n) is 3.72. The van der Waals surface area contributed by atoms with Gasteiger partial charge in [-0.25, -0.2) is 15.4 Å². The fraction of sp³-hybridized carbons (Fsp3) is 0.364. The molecule has 1 aliphatic rings. The van der Waals surface area contributed by atoms with Crippen LogP contribution in [0.4, 0.5) is 14.5 Å². The van der Waals surface area contributed by atoms with E-state index in [0.717, 1.165) is 12.5 Å². The van der Waals surface area contributed by atoms with E-state index in [9.17, 15) is 8.78 Å². The highest BCUT2D eigenvalue weighted by atomic mass is 19.2. The number of benzene rings is 1. The molecular weight excluding hydrogens is 198 g/mol. The summed E-state index contributed by atoms with van der Waals surface area (Å²) in [4.78, 5) is 3.44. The van der Waals surface area contributed by atoms with Crippen LogP contribution in [0.3, 0.4) is 0 Å². The Morgan fingerprint density at radius 2 is 2.07 bits per heavy atom. The first kappa shape index (κ1) is 9.91. The van der Waals surface area contributed by atoms with Gasteiger partial charge in [0.15, 0.2) is 11.6 Å². The lowest BCUT2D eigenvalue weighted by molar-refractivity contribution is 0.341. The zero-order chi connectivity index (χ0) is 10.9. The minimum absolute atomic E-state index is 0.0747. The molecule has 0 bridgehead atoms. The van der Waals surface area contributed by atoms with Gasteiger partial charge >= 0.3 is 5.66 Å². The molecule has 15 heavy (non-hydrogen) atoms. The quantitative estimate of drug-likeness (QED) is 0.738. The van der Waals surface area contributed by atoms with Crippen molar-refractivity contribution in [1.29, 1.82) is 0 Å². The Balaban J connectivity index is 2.25. The Bertz CT molecular complexity index is 419. The van der Waals surface area contributed by atoms with Crippen LogP contribution >= 0.6 is 0 Å². The van der Waals surface area contributed by atoms with Crippen molar-refractivity contribution < 1.29 is 8.78 Å². The van der Waals surface area contributed by atoms with Crippen molar-refractivity contribution in [3.05, 3.63) is 41.3 Å². The van der Waals surface area contributed by atoms with E-state index in [2.05, 4.69) is 10.2 Å². The van der Waals surface area contributed by atoms with Gasteiger partial charge in [-0.15, -0.1) is 0 Å². The van der Waals surface area contributed by atoms with Gasteiger partial charge in [0.2, 0.25) is 0 Å². The summed E-state index contributed by atoms with van der Waals surface area (Å²) >= 11 is 0. The summed E-state index contributed by atoms with van der Waals surface area (Å²) in [6, 6.07) is 3.94. The van der Waals surface area contributed by atoms with E-state index in [1.165, 1.54) is 12.1 Å². The standard InChI is InChI=1S/C11H10F2N2/c1-14-11(6-3-7-11)15-9-5-2-4-8(12)10(9)13/h2,4-5,15H,3,6-7H2. The molecule has 4 heteroatoms. The van der Waals surface area contributed by atoms with Gasteiger partial charge in [0.25, 0.3) is 0 Å². The maximum atomic E-state index is 13.3. The summed E-state index contributed by atoms with van der Waals surface area (Å²) in [5.41, 5.74) is -0.639. The molecule has 0 aliphatic heterocycles. The van der Waals surface area contributed by atoms with E-state index in [1.54, 1.807) is 0 Å². The van der Waals surface area contributed by atoms with Crippen molar-refractivity contribution in [1.82, 2.24) is 0 Å². The Hall–Kier alpha value is -1.63. The van der Waals surface area contributed by atoms with E-state index >= 15 is 0 Å². The molecule has 2 nitrogen and oxygen atoms in total. The lowest BCUT2D eigenvalue weighted by Gasteiger charge is -2.31. The zero-order valence-corrected chi connectivity index (χ0v) is 8.06. The summed E-state index contributed by atoms with van der Waals surface area (Å²) in [5.74, 6) is -1.80. The van der Waals surface area contributed by atoms with Crippen molar-refractivity contribution >= 4 is 5.69 Å². The van der Waals surface area contributed by atoms with Crippen molar-refractivity contribution in [2.24, 2.45) is 0 Å². The second kappa shape index (κ2) is 3.50. The third-order valence-corrected chi connectivity index (χ3v) is 2.71. The maximum Gasteiger partial charge on any atom is 0.305 e. The first-order valence-corrected chi connectivity index (χ1v) is 4.78. The van der Waals surface area contributed by atoms with Crippen LogP contribution < -0.4 is 5.32 Å². The molecule has 1 saturated carbocycles. The van der Waals surface area contributed by atoms with Gasteiger partial charge in [0.1, 0.15) is 0 Å². The fourth-order valence-electron chi connectivity index (χ4n) is 1.63. The summed E-state index contributed by atoms with van der Waals surface area (Å²) in [5, 5.41) is 2.78. The minimum Gasteiger partial charge on any atom is -0.312 e. The number of nitrogens with one attached hydrogen (secondary N) is 1. The summed E-state index contributed by atoms with van der Waals surface area (Å²) < 4.78 is 26.2. The van der Waals surface area contributed by atoms with Crippen molar-refractivity contribution in [3.63, 3.8) is 0 Å². The molecule has 0 saturated heterocycles. The molecular formula is C11H10F2N2. The first-order valence-electron chi connectivity index (χ1n) is 4.78. The molecule has 0 heterocycles. The monoisotopic (exact) mass is 208 g/mol. The first-order chi connectivity index (χ1) is 7.17. The number of halogens is 2. The molecule has 0 amide bonds. The van der Waals surface area contributed by atoms with Crippen LogP contribution in [0, 0.1) is 18.2 Å². The molecule has 78 valence electrons. The second-order valence-corrected chi connectivity index (χ2v) is 3.72. The SMILES string of the molecule is [C-]#[N+]C1(Nc2cccc(F)c2F)CCC1. The number of rotatable bonds is 2.